The second-order valence-electron chi connectivity index (χ2n) is 9.23. The van der Waals surface area contributed by atoms with Crippen LogP contribution >= 0.6 is 0 Å². The Hall–Kier alpha value is -3.40. The first-order chi connectivity index (χ1) is 17.3. The molecule has 36 heavy (non-hydrogen) atoms. The Morgan fingerprint density at radius 2 is 1.72 bits per heavy atom. The van der Waals surface area contributed by atoms with Crippen molar-refractivity contribution < 1.29 is 27.1 Å². The van der Waals surface area contributed by atoms with Crippen molar-refractivity contribution in [3.8, 4) is 5.69 Å². The van der Waals surface area contributed by atoms with Gasteiger partial charge in [-0.25, -0.2) is 14.2 Å². The lowest BCUT2D eigenvalue weighted by Gasteiger charge is -2.40. The van der Waals surface area contributed by atoms with E-state index in [4.69, 9.17) is 4.74 Å². The summed E-state index contributed by atoms with van der Waals surface area (Å²) in [7, 11) is 0. The van der Waals surface area contributed by atoms with Crippen LogP contribution in [0.25, 0.3) is 5.69 Å². The quantitative estimate of drug-likeness (QED) is 0.471. The van der Waals surface area contributed by atoms with Gasteiger partial charge in [0.05, 0.1) is 30.8 Å². The van der Waals surface area contributed by atoms with Crippen LogP contribution in [0.15, 0.2) is 61.1 Å². The average molecular weight is 503 g/mol. The van der Waals surface area contributed by atoms with E-state index in [0.29, 0.717) is 62.8 Å². The summed E-state index contributed by atoms with van der Waals surface area (Å²) in [6, 6.07) is 11.3. The molecule has 1 aromatic heterocycles. The van der Waals surface area contributed by atoms with Crippen LogP contribution in [0, 0.1) is 5.82 Å². The van der Waals surface area contributed by atoms with Crippen molar-refractivity contribution in [2.24, 2.45) is 0 Å². The van der Waals surface area contributed by atoms with Gasteiger partial charge in [0.25, 0.3) is 0 Å². The van der Waals surface area contributed by atoms with Gasteiger partial charge in [0.2, 0.25) is 0 Å². The van der Waals surface area contributed by atoms with Gasteiger partial charge in [-0.1, -0.05) is 24.3 Å². The van der Waals surface area contributed by atoms with Crippen molar-refractivity contribution in [3.63, 3.8) is 0 Å². The molecule has 0 bridgehead atoms. The Bertz CT molecular complexity index is 1220. The predicted molar refractivity (Wildman–Crippen MR) is 124 cm³/mol. The molecule has 2 aliphatic rings. The van der Waals surface area contributed by atoms with Crippen molar-refractivity contribution in [1.82, 2.24) is 19.4 Å². The van der Waals surface area contributed by atoms with Crippen LogP contribution in [0.5, 0.6) is 0 Å². The van der Waals surface area contributed by atoms with Crippen LogP contribution in [0.3, 0.4) is 0 Å². The van der Waals surface area contributed by atoms with E-state index < -0.39 is 11.7 Å². The summed E-state index contributed by atoms with van der Waals surface area (Å²) in [5, 5.41) is 0. The summed E-state index contributed by atoms with van der Waals surface area (Å²) in [6.45, 7) is 2.57. The largest absolute Gasteiger partial charge is 0.416 e. The van der Waals surface area contributed by atoms with Crippen LogP contribution in [-0.4, -0.2) is 64.8 Å². The van der Waals surface area contributed by atoms with E-state index >= 15 is 0 Å². The number of amides is 2. The Morgan fingerprint density at radius 3 is 2.47 bits per heavy atom. The number of halogens is 4. The zero-order chi connectivity index (χ0) is 25.3. The molecule has 2 fully saturated rings. The van der Waals surface area contributed by atoms with Crippen molar-refractivity contribution in [2.75, 3.05) is 39.4 Å². The standard InChI is InChI=1S/C26H26F4N4O2/c27-22-5-2-6-23(13-22)34-16-24(31-17-34)20-11-19(18-3-1-4-21(12-18)26(28,29)30)14-33(15-20)25(35)32-7-9-36-10-8-32/h1-6,12-13,16-17,19-20H,7-11,14-15H2. The van der Waals surface area contributed by atoms with Crippen molar-refractivity contribution in [2.45, 2.75) is 24.4 Å². The van der Waals surface area contributed by atoms with Gasteiger partial charge in [0.15, 0.2) is 0 Å². The molecule has 0 aliphatic carbocycles. The SMILES string of the molecule is O=C(N1CCOCC1)N1CC(c2cccc(C(F)(F)F)c2)CC(c2cn(-c3cccc(F)c3)cn2)C1. The minimum atomic E-state index is -4.45. The van der Waals surface area contributed by atoms with Crippen LogP contribution in [-0.2, 0) is 10.9 Å². The van der Waals surface area contributed by atoms with Crippen molar-refractivity contribution >= 4 is 6.03 Å². The molecular weight excluding hydrogens is 476 g/mol. The third-order valence-electron chi connectivity index (χ3n) is 6.82. The van der Waals surface area contributed by atoms with Crippen molar-refractivity contribution in [3.05, 3.63) is 83.7 Å². The highest BCUT2D eigenvalue weighted by Crippen LogP contribution is 2.38. The molecule has 0 spiro atoms. The van der Waals surface area contributed by atoms with Gasteiger partial charge in [-0.15, -0.1) is 0 Å². The van der Waals surface area contributed by atoms with Crippen LogP contribution in [0.4, 0.5) is 22.4 Å². The second-order valence-corrected chi connectivity index (χ2v) is 9.23. The fourth-order valence-electron chi connectivity index (χ4n) is 4.96. The molecule has 2 unspecified atom stereocenters. The lowest BCUT2D eigenvalue weighted by Crippen LogP contribution is -2.52. The monoisotopic (exact) mass is 502 g/mol. The molecule has 3 heterocycles. The molecule has 2 atom stereocenters. The second kappa shape index (κ2) is 9.93. The van der Waals surface area contributed by atoms with Crippen LogP contribution in [0.1, 0.15) is 35.1 Å². The maximum Gasteiger partial charge on any atom is 0.416 e. The van der Waals surface area contributed by atoms with E-state index in [0.717, 1.165) is 6.07 Å². The highest BCUT2D eigenvalue weighted by Gasteiger charge is 2.36. The summed E-state index contributed by atoms with van der Waals surface area (Å²) < 4.78 is 61.0. The minimum Gasteiger partial charge on any atom is -0.378 e. The molecule has 5 rings (SSSR count). The minimum absolute atomic E-state index is 0.149. The summed E-state index contributed by atoms with van der Waals surface area (Å²) in [6.07, 6.45) is -0.525. The first kappa shape index (κ1) is 24.3. The maximum absolute atomic E-state index is 13.7. The number of ether oxygens (including phenoxy) is 1. The molecule has 190 valence electrons. The lowest BCUT2D eigenvalue weighted by molar-refractivity contribution is -0.137. The highest BCUT2D eigenvalue weighted by molar-refractivity contribution is 5.75. The van der Waals surface area contributed by atoms with E-state index in [1.165, 1.54) is 24.3 Å². The fourth-order valence-corrected chi connectivity index (χ4v) is 4.96. The van der Waals surface area contributed by atoms with Gasteiger partial charge in [-0.2, -0.15) is 13.2 Å². The number of rotatable bonds is 3. The van der Waals surface area contributed by atoms with E-state index in [1.807, 2.05) is 0 Å². The van der Waals surface area contributed by atoms with Gasteiger partial charge < -0.3 is 19.1 Å². The molecule has 2 aliphatic heterocycles. The normalized spacial score (nSPS) is 21.0. The topological polar surface area (TPSA) is 50.6 Å². The molecule has 6 nitrogen and oxygen atoms in total. The number of hydrogen-bond acceptors (Lipinski definition) is 3. The number of benzene rings is 2. The first-order valence-corrected chi connectivity index (χ1v) is 11.9. The van der Waals surface area contributed by atoms with Crippen molar-refractivity contribution in [1.29, 1.82) is 0 Å². The molecule has 2 amide bonds. The van der Waals surface area contributed by atoms with E-state index in [1.54, 1.807) is 45.1 Å². The highest BCUT2D eigenvalue weighted by atomic mass is 19.4. The number of carbonyl (C=O) groups is 1. The lowest BCUT2D eigenvalue weighted by atomic mass is 9.83. The molecule has 3 aromatic rings. The number of piperidine rings is 1. The number of carbonyl (C=O) groups excluding carboxylic acids is 1. The van der Waals surface area contributed by atoms with Gasteiger partial charge >= 0.3 is 12.2 Å². The Morgan fingerprint density at radius 1 is 0.972 bits per heavy atom. The number of likely N-dealkylation sites (tertiary alicyclic amines) is 1. The summed E-state index contributed by atoms with van der Waals surface area (Å²) in [4.78, 5) is 21.3. The number of nitrogens with zero attached hydrogens (tertiary/aromatic N) is 4. The zero-order valence-electron chi connectivity index (χ0n) is 19.5. The summed E-state index contributed by atoms with van der Waals surface area (Å²) >= 11 is 0. The smallest absolute Gasteiger partial charge is 0.378 e. The van der Waals surface area contributed by atoms with Gasteiger partial charge in [-0.05, 0) is 36.2 Å². The number of urea groups is 1. The maximum atomic E-state index is 13.7. The Balaban J connectivity index is 1.44. The molecule has 2 saturated heterocycles. The molecule has 10 heteroatoms. The average Bonchev–Trinajstić information content (AvgIpc) is 3.39. The summed E-state index contributed by atoms with van der Waals surface area (Å²) in [5.74, 6) is -0.860. The first-order valence-electron chi connectivity index (χ1n) is 11.9. The van der Waals surface area contributed by atoms with E-state index in [-0.39, 0.29) is 23.7 Å². The number of aromatic nitrogens is 2. The Kier molecular flexibility index (Phi) is 6.70. The zero-order valence-corrected chi connectivity index (χ0v) is 19.5. The number of alkyl halides is 3. The Labute approximate surface area is 206 Å². The molecule has 0 saturated carbocycles. The van der Waals surface area contributed by atoms with E-state index in [9.17, 15) is 22.4 Å². The predicted octanol–water partition coefficient (Wildman–Crippen LogP) is 5.06. The summed E-state index contributed by atoms with van der Waals surface area (Å²) in [5.41, 5.74) is 1.15. The molecule has 0 N–H and O–H groups in total. The molecular formula is C26H26F4N4O2. The van der Waals surface area contributed by atoms with Gasteiger partial charge in [-0.3, -0.25) is 0 Å². The third-order valence-corrected chi connectivity index (χ3v) is 6.82. The number of morpholine rings is 1. The van der Waals surface area contributed by atoms with Gasteiger partial charge in [0.1, 0.15) is 5.82 Å². The third kappa shape index (κ3) is 5.23. The molecule has 0 radical (unpaired) electrons. The molecule has 2 aromatic carbocycles. The van der Waals surface area contributed by atoms with Crippen LogP contribution in [0.2, 0.25) is 0 Å². The fraction of sp³-hybridized carbons (Fsp3) is 0.385. The van der Waals surface area contributed by atoms with Crippen LogP contribution < -0.4 is 0 Å². The number of hydrogen-bond donors (Lipinski definition) is 0. The number of imidazole rings is 1. The van der Waals surface area contributed by atoms with Gasteiger partial charge in [0, 0.05) is 49.9 Å². The van der Waals surface area contributed by atoms with E-state index in [2.05, 4.69) is 4.98 Å².